The molecule has 8 heteroatoms. The van der Waals surface area contributed by atoms with Crippen molar-refractivity contribution in [3.8, 4) is 5.88 Å². The molecule has 0 aromatic carbocycles. The zero-order chi connectivity index (χ0) is 13.1. The van der Waals surface area contributed by atoms with Gasteiger partial charge in [0.2, 0.25) is 5.88 Å². The average molecular weight is 267 g/mol. The number of thiol groups is 1. The minimum Gasteiger partial charge on any atom is -0.478 e. The van der Waals surface area contributed by atoms with Gasteiger partial charge in [-0.3, -0.25) is 0 Å². The first kappa shape index (κ1) is 13.6. The van der Waals surface area contributed by atoms with E-state index in [0.717, 1.165) is 0 Å². The quantitative estimate of drug-likeness (QED) is 0.820. The van der Waals surface area contributed by atoms with E-state index < -0.39 is 23.3 Å². The van der Waals surface area contributed by atoms with Crippen molar-refractivity contribution in [3.05, 3.63) is 23.4 Å². The summed E-state index contributed by atoms with van der Waals surface area (Å²) < 4.78 is 42.5. The predicted molar refractivity (Wildman–Crippen MR) is 55.5 cm³/mol. The van der Waals surface area contributed by atoms with Crippen LogP contribution in [0, 0.1) is 0 Å². The van der Waals surface area contributed by atoms with E-state index >= 15 is 0 Å². The summed E-state index contributed by atoms with van der Waals surface area (Å²) >= 11 is 3.82. The van der Waals surface area contributed by atoms with Crippen molar-refractivity contribution < 1.29 is 27.8 Å². The Morgan fingerprint density at radius 1 is 1.53 bits per heavy atom. The molecule has 1 rings (SSSR count). The number of aromatic nitrogens is 1. The molecule has 0 saturated carbocycles. The molecule has 0 radical (unpaired) electrons. The van der Waals surface area contributed by atoms with E-state index in [0.29, 0.717) is 18.0 Å². The summed E-state index contributed by atoms with van der Waals surface area (Å²) in [5.41, 5.74) is -2.19. The number of ether oxygens (including phenoxy) is 1. The van der Waals surface area contributed by atoms with E-state index in [9.17, 15) is 18.0 Å². The third-order valence-electron chi connectivity index (χ3n) is 1.76. The Hall–Kier alpha value is -1.44. The van der Waals surface area contributed by atoms with Crippen molar-refractivity contribution in [1.82, 2.24) is 4.98 Å². The van der Waals surface area contributed by atoms with Crippen molar-refractivity contribution in [2.24, 2.45) is 0 Å². The number of hydrogen-bond donors (Lipinski definition) is 2. The van der Waals surface area contributed by atoms with Crippen LogP contribution >= 0.6 is 12.6 Å². The molecule has 17 heavy (non-hydrogen) atoms. The molecule has 0 unspecified atom stereocenters. The van der Waals surface area contributed by atoms with E-state index in [4.69, 9.17) is 9.84 Å². The molecule has 0 bridgehead atoms. The molecule has 1 aromatic rings. The Kier molecular flexibility index (Phi) is 4.22. The van der Waals surface area contributed by atoms with Gasteiger partial charge in [0.1, 0.15) is 0 Å². The van der Waals surface area contributed by atoms with Gasteiger partial charge in [0.15, 0.2) is 0 Å². The maximum Gasteiger partial charge on any atom is 0.417 e. The van der Waals surface area contributed by atoms with Crippen molar-refractivity contribution in [1.29, 1.82) is 0 Å². The topological polar surface area (TPSA) is 59.4 Å². The largest absolute Gasteiger partial charge is 0.478 e. The summed E-state index contributed by atoms with van der Waals surface area (Å²) in [6.07, 6.45) is -4.14. The number of alkyl halides is 3. The summed E-state index contributed by atoms with van der Waals surface area (Å²) in [7, 11) is 0. The molecule has 0 aliphatic carbocycles. The Morgan fingerprint density at radius 2 is 2.18 bits per heavy atom. The van der Waals surface area contributed by atoms with Gasteiger partial charge in [-0.1, -0.05) is 0 Å². The smallest absolute Gasteiger partial charge is 0.417 e. The monoisotopic (exact) mass is 267 g/mol. The zero-order valence-corrected chi connectivity index (χ0v) is 9.26. The Balaban J connectivity index is 3.15. The summed E-state index contributed by atoms with van der Waals surface area (Å²) in [4.78, 5) is 14.1. The number of rotatable bonds is 4. The third-order valence-corrected chi connectivity index (χ3v) is 1.94. The van der Waals surface area contributed by atoms with Crippen LogP contribution in [0.1, 0.15) is 15.9 Å². The van der Waals surface area contributed by atoms with Gasteiger partial charge in [-0.2, -0.15) is 25.8 Å². The van der Waals surface area contributed by atoms with Crippen LogP contribution in [0.5, 0.6) is 5.88 Å². The van der Waals surface area contributed by atoms with Gasteiger partial charge in [0.25, 0.3) is 0 Å². The van der Waals surface area contributed by atoms with Gasteiger partial charge in [-0.05, 0) is 0 Å². The molecule has 0 atom stereocenters. The first-order valence-corrected chi connectivity index (χ1v) is 5.03. The van der Waals surface area contributed by atoms with Gasteiger partial charge in [-0.25, -0.2) is 9.78 Å². The number of halogens is 3. The first-order chi connectivity index (χ1) is 7.86. The number of pyridine rings is 1. The minimum atomic E-state index is -4.77. The summed E-state index contributed by atoms with van der Waals surface area (Å²) in [5.74, 6) is -1.66. The fourth-order valence-corrected chi connectivity index (χ4v) is 1.16. The van der Waals surface area contributed by atoms with Crippen LogP contribution in [0.15, 0.2) is 12.3 Å². The normalized spacial score (nSPS) is 11.3. The number of aromatic carboxylic acids is 1. The van der Waals surface area contributed by atoms with Crippen LogP contribution in [-0.2, 0) is 6.18 Å². The van der Waals surface area contributed by atoms with E-state index in [-0.39, 0.29) is 12.5 Å². The molecule has 1 heterocycles. The summed E-state index contributed by atoms with van der Waals surface area (Å²) in [6, 6.07) is 0.562. The van der Waals surface area contributed by atoms with Crippen LogP contribution < -0.4 is 4.74 Å². The van der Waals surface area contributed by atoms with Crippen molar-refractivity contribution >= 4 is 18.6 Å². The predicted octanol–water partition coefficient (Wildman–Crippen LogP) is 2.11. The van der Waals surface area contributed by atoms with Gasteiger partial charge in [-0.15, -0.1) is 0 Å². The highest BCUT2D eigenvalue weighted by Gasteiger charge is 2.36. The second-order valence-electron chi connectivity index (χ2n) is 2.94. The van der Waals surface area contributed by atoms with E-state index in [2.05, 4.69) is 17.6 Å². The van der Waals surface area contributed by atoms with Crippen LogP contribution in [0.3, 0.4) is 0 Å². The standard InChI is InChI=1S/C9H8F3NO3S/c10-9(11,12)6-3-7(16-1-2-17)13-4-5(6)8(14)15/h3-4,17H,1-2H2,(H,14,15). The second-order valence-corrected chi connectivity index (χ2v) is 3.39. The zero-order valence-electron chi connectivity index (χ0n) is 8.36. The third kappa shape index (κ3) is 3.52. The molecule has 4 nitrogen and oxygen atoms in total. The van der Waals surface area contributed by atoms with E-state index in [1.54, 1.807) is 0 Å². The molecule has 94 valence electrons. The van der Waals surface area contributed by atoms with Gasteiger partial charge in [0.05, 0.1) is 17.7 Å². The van der Waals surface area contributed by atoms with Gasteiger partial charge >= 0.3 is 12.1 Å². The fraction of sp³-hybridized carbons (Fsp3) is 0.333. The molecule has 0 aliphatic rings. The lowest BCUT2D eigenvalue weighted by molar-refractivity contribution is -0.138. The molecule has 0 saturated heterocycles. The van der Waals surface area contributed by atoms with Crippen molar-refractivity contribution in [2.75, 3.05) is 12.4 Å². The van der Waals surface area contributed by atoms with Crippen LogP contribution in [0.25, 0.3) is 0 Å². The lowest BCUT2D eigenvalue weighted by Gasteiger charge is -2.11. The highest BCUT2D eigenvalue weighted by Crippen LogP contribution is 2.33. The second kappa shape index (κ2) is 5.26. The highest BCUT2D eigenvalue weighted by molar-refractivity contribution is 7.80. The summed E-state index contributed by atoms with van der Waals surface area (Å²) in [6.45, 7) is 0.0832. The Morgan fingerprint density at radius 3 is 2.65 bits per heavy atom. The molecule has 1 aromatic heterocycles. The number of carboxylic acids is 1. The molecule has 0 aliphatic heterocycles. The Bertz CT molecular complexity index is 422. The van der Waals surface area contributed by atoms with Crippen LogP contribution in [-0.4, -0.2) is 28.4 Å². The number of nitrogens with zero attached hydrogens (tertiary/aromatic N) is 1. The molecular weight excluding hydrogens is 259 g/mol. The molecule has 0 amide bonds. The SMILES string of the molecule is O=C(O)c1cnc(OCCS)cc1C(F)(F)F. The first-order valence-electron chi connectivity index (χ1n) is 4.40. The van der Waals surface area contributed by atoms with Crippen LogP contribution in [0.4, 0.5) is 13.2 Å². The van der Waals surface area contributed by atoms with Gasteiger partial charge < -0.3 is 9.84 Å². The summed E-state index contributed by atoms with van der Waals surface area (Å²) in [5, 5.41) is 8.60. The maximum atomic E-state index is 12.5. The average Bonchev–Trinajstić information content (AvgIpc) is 2.24. The van der Waals surface area contributed by atoms with Crippen LogP contribution in [0.2, 0.25) is 0 Å². The van der Waals surface area contributed by atoms with Crippen molar-refractivity contribution in [2.45, 2.75) is 6.18 Å². The Labute approximate surface area is 99.8 Å². The number of carboxylic acid groups (broad SMARTS) is 1. The van der Waals surface area contributed by atoms with E-state index in [1.165, 1.54) is 0 Å². The maximum absolute atomic E-state index is 12.5. The lowest BCUT2D eigenvalue weighted by Crippen LogP contribution is -2.14. The van der Waals surface area contributed by atoms with Crippen molar-refractivity contribution in [3.63, 3.8) is 0 Å². The molecule has 1 N–H and O–H groups in total. The molecule has 0 fully saturated rings. The molecule has 0 spiro atoms. The minimum absolute atomic E-state index is 0.0832. The fourth-order valence-electron chi connectivity index (χ4n) is 1.07. The number of hydrogen-bond acceptors (Lipinski definition) is 4. The lowest BCUT2D eigenvalue weighted by atomic mass is 10.1. The molecular formula is C9H8F3NO3S. The van der Waals surface area contributed by atoms with E-state index in [1.807, 2.05) is 0 Å². The highest BCUT2D eigenvalue weighted by atomic mass is 32.1. The number of carbonyl (C=O) groups is 1. The van der Waals surface area contributed by atoms with Gasteiger partial charge in [0, 0.05) is 18.0 Å².